The van der Waals surface area contributed by atoms with Crippen molar-refractivity contribution in [3.05, 3.63) is 0 Å². The second kappa shape index (κ2) is 3.46. The molecular weight excluding hydrogens is 196 g/mol. The van der Waals surface area contributed by atoms with Gasteiger partial charge in [0.25, 0.3) is 0 Å². The van der Waals surface area contributed by atoms with Gasteiger partial charge >= 0.3 is 0 Å². The Balaban J connectivity index is 2.18. The minimum atomic E-state index is 0.322. The van der Waals surface area contributed by atoms with Crippen LogP contribution in [-0.4, -0.2) is 48.1 Å². The third-order valence-electron chi connectivity index (χ3n) is 4.77. The van der Waals surface area contributed by atoms with Crippen molar-refractivity contribution in [1.82, 2.24) is 9.80 Å². The van der Waals surface area contributed by atoms with Gasteiger partial charge in [-0.1, -0.05) is 6.92 Å². The largest absolute Gasteiger partial charge is 0.309 e. The maximum Gasteiger partial charge on any atom is 0.0167 e. The quantitative estimate of drug-likeness (QED) is 0.711. The highest BCUT2D eigenvalue weighted by atomic mass is 15.3. The first-order chi connectivity index (χ1) is 7.18. The topological polar surface area (TPSA) is 6.48 Å². The molecule has 0 radical (unpaired) electrons. The van der Waals surface area contributed by atoms with Crippen molar-refractivity contribution in [2.24, 2.45) is 11.3 Å². The Morgan fingerprint density at radius 3 is 2.25 bits per heavy atom. The normalized spacial score (nSPS) is 43.9. The predicted molar refractivity (Wildman–Crippen MR) is 69.6 cm³/mol. The summed E-state index contributed by atoms with van der Waals surface area (Å²) in [5, 5.41) is 0. The zero-order valence-electron chi connectivity index (χ0n) is 12.0. The summed E-state index contributed by atoms with van der Waals surface area (Å²) in [6, 6.07) is 1.57. The molecule has 0 unspecified atom stereocenters. The molecule has 0 aromatic carbocycles. The van der Waals surface area contributed by atoms with Gasteiger partial charge in [0.05, 0.1) is 0 Å². The molecule has 2 heteroatoms. The average Bonchev–Trinajstić information content (AvgIpc) is 2.66. The van der Waals surface area contributed by atoms with Crippen LogP contribution in [0.1, 0.15) is 41.0 Å². The number of likely N-dealkylation sites (tertiary alicyclic amines) is 1. The molecule has 4 atom stereocenters. The minimum absolute atomic E-state index is 0.322. The lowest BCUT2D eigenvalue weighted by Crippen LogP contribution is -2.48. The van der Waals surface area contributed by atoms with E-state index in [1.165, 1.54) is 13.0 Å². The number of hydrogen-bond acceptors (Lipinski definition) is 2. The van der Waals surface area contributed by atoms with Crippen molar-refractivity contribution < 1.29 is 0 Å². The summed E-state index contributed by atoms with van der Waals surface area (Å²) in [5.74, 6) is 0.840. The van der Waals surface area contributed by atoms with Gasteiger partial charge < -0.3 is 4.90 Å². The molecule has 0 N–H and O–H groups in total. The van der Waals surface area contributed by atoms with Crippen molar-refractivity contribution >= 4 is 0 Å². The standard InChI is InChI=1S/C14H28N2/c1-10-11(9-15(6)7)14(5)8-12(14)16(10)13(2,3)4/h10-12H,8-9H2,1-7H3/t10-,11+,12-,14-/m1/s1. The van der Waals surface area contributed by atoms with Crippen LogP contribution in [0.4, 0.5) is 0 Å². The van der Waals surface area contributed by atoms with E-state index in [9.17, 15) is 0 Å². The Morgan fingerprint density at radius 1 is 1.31 bits per heavy atom. The van der Waals surface area contributed by atoms with Gasteiger partial charge in [0, 0.05) is 24.2 Å². The van der Waals surface area contributed by atoms with E-state index in [0.717, 1.165) is 18.0 Å². The molecule has 0 bridgehead atoms. The maximum atomic E-state index is 2.77. The Bertz CT molecular complexity index is 279. The smallest absolute Gasteiger partial charge is 0.0167 e. The molecule has 1 saturated carbocycles. The molecule has 2 aliphatic rings. The molecule has 1 aliphatic heterocycles. The Morgan fingerprint density at radius 2 is 1.88 bits per heavy atom. The van der Waals surface area contributed by atoms with Gasteiger partial charge in [-0.2, -0.15) is 0 Å². The molecular formula is C14H28N2. The summed E-state index contributed by atoms with van der Waals surface area (Å²) < 4.78 is 0. The Hall–Kier alpha value is -0.0800. The van der Waals surface area contributed by atoms with Crippen molar-refractivity contribution in [3.8, 4) is 0 Å². The van der Waals surface area contributed by atoms with E-state index in [-0.39, 0.29) is 0 Å². The summed E-state index contributed by atoms with van der Waals surface area (Å²) in [7, 11) is 4.40. The molecule has 0 spiro atoms. The third-order valence-corrected chi connectivity index (χ3v) is 4.77. The molecule has 1 aliphatic carbocycles. The van der Waals surface area contributed by atoms with E-state index < -0.39 is 0 Å². The van der Waals surface area contributed by atoms with Gasteiger partial charge in [-0.3, -0.25) is 4.90 Å². The van der Waals surface area contributed by atoms with Crippen molar-refractivity contribution in [2.45, 2.75) is 58.7 Å². The van der Waals surface area contributed by atoms with Gasteiger partial charge in [0.15, 0.2) is 0 Å². The molecule has 2 fully saturated rings. The number of fused-ring (bicyclic) bond motifs is 1. The van der Waals surface area contributed by atoms with Crippen LogP contribution in [0.25, 0.3) is 0 Å². The fourth-order valence-electron chi connectivity index (χ4n) is 4.03. The first-order valence-corrected chi connectivity index (χ1v) is 6.61. The van der Waals surface area contributed by atoms with Crippen LogP contribution in [0, 0.1) is 11.3 Å². The second-order valence-corrected chi connectivity index (χ2v) is 7.41. The summed E-state index contributed by atoms with van der Waals surface area (Å²) in [5.41, 5.74) is 0.917. The number of nitrogens with zero attached hydrogens (tertiary/aromatic N) is 2. The highest BCUT2D eigenvalue weighted by Gasteiger charge is 2.67. The van der Waals surface area contributed by atoms with Crippen molar-refractivity contribution in [3.63, 3.8) is 0 Å². The Kier molecular flexibility index (Phi) is 2.67. The summed E-state index contributed by atoms with van der Waals surface area (Å²) >= 11 is 0. The highest BCUT2D eigenvalue weighted by molar-refractivity contribution is 5.20. The average molecular weight is 224 g/mol. The molecule has 94 valence electrons. The highest BCUT2D eigenvalue weighted by Crippen LogP contribution is 2.64. The molecule has 1 heterocycles. The molecule has 0 amide bonds. The summed E-state index contributed by atoms with van der Waals surface area (Å²) in [6.45, 7) is 13.2. The zero-order valence-corrected chi connectivity index (χ0v) is 12.0. The molecule has 2 nitrogen and oxygen atoms in total. The zero-order chi connectivity index (χ0) is 12.3. The molecule has 2 rings (SSSR count). The van der Waals surface area contributed by atoms with Crippen molar-refractivity contribution in [1.29, 1.82) is 0 Å². The first kappa shape index (κ1) is 12.4. The first-order valence-electron chi connectivity index (χ1n) is 6.61. The van der Waals surface area contributed by atoms with E-state index in [1.807, 2.05) is 0 Å². The van der Waals surface area contributed by atoms with Crippen LogP contribution in [0.5, 0.6) is 0 Å². The molecule has 0 aromatic heterocycles. The van der Waals surface area contributed by atoms with Gasteiger partial charge in [0.2, 0.25) is 0 Å². The van der Waals surface area contributed by atoms with Gasteiger partial charge in [-0.05, 0) is 59.5 Å². The second-order valence-electron chi connectivity index (χ2n) is 7.41. The van der Waals surface area contributed by atoms with Gasteiger partial charge in [-0.25, -0.2) is 0 Å². The number of hydrogen-bond donors (Lipinski definition) is 0. The van der Waals surface area contributed by atoms with E-state index in [2.05, 4.69) is 58.5 Å². The molecule has 0 aromatic rings. The van der Waals surface area contributed by atoms with Crippen LogP contribution in [0.15, 0.2) is 0 Å². The van der Waals surface area contributed by atoms with Crippen LogP contribution < -0.4 is 0 Å². The van der Waals surface area contributed by atoms with Crippen LogP contribution in [-0.2, 0) is 0 Å². The minimum Gasteiger partial charge on any atom is -0.309 e. The SMILES string of the molecule is C[C@@H]1[C@H](CN(C)C)[C@@]2(C)C[C@H]2N1C(C)(C)C. The molecule has 16 heavy (non-hydrogen) atoms. The van der Waals surface area contributed by atoms with E-state index in [4.69, 9.17) is 0 Å². The van der Waals surface area contributed by atoms with Gasteiger partial charge in [0.1, 0.15) is 0 Å². The van der Waals surface area contributed by atoms with Crippen LogP contribution >= 0.6 is 0 Å². The fourth-order valence-corrected chi connectivity index (χ4v) is 4.03. The predicted octanol–water partition coefficient (Wildman–Crippen LogP) is 2.45. The number of piperidine rings is 1. The summed E-state index contributed by atoms with van der Waals surface area (Å²) in [4.78, 5) is 5.12. The van der Waals surface area contributed by atoms with Crippen LogP contribution in [0.2, 0.25) is 0 Å². The number of rotatable bonds is 2. The van der Waals surface area contributed by atoms with E-state index >= 15 is 0 Å². The maximum absolute atomic E-state index is 2.77. The molecule has 1 saturated heterocycles. The van der Waals surface area contributed by atoms with E-state index in [1.54, 1.807) is 0 Å². The lowest BCUT2D eigenvalue weighted by molar-refractivity contribution is 0.0799. The third kappa shape index (κ3) is 1.70. The van der Waals surface area contributed by atoms with Crippen molar-refractivity contribution in [2.75, 3.05) is 20.6 Å². The monoisotopic (exact) mass is 224 g/mol. The van der Waals surface area contributed by atoms with E-state index in [0.29, 0.717) is 11.0 Å². The lowest BCUT2D eigenvalue weighted by atomic mass is 9.86. The fraction of sp³-hybridized carbons (Fsp3) is 1.00. The lowest BCUT2D eigenvalue weighted by Gasteiger charge is -2.40. The van der Waals surface area contributed by atoms with Crippen LogP contribution in [0.3, 0.4) is 0 Å². The summed E-state index contributed by atoms with van der Waals surface area (Å²) in [6.07, 6.45) is 1.41. The van der Waals surface area contributed by atoms with Gasteiger partial charge in [-0.15, -0.1) is 0 Å². The Labute approximate surface area is 101 Å².